The Morgan fingerprint density at radius 1 is 1.10 bits per heavy atom. The van der Waals surface area contributed by atoms with E-state index in [2.05, 4.69) is 31.2 Å². The molecule has 2 aliphatic carbocycles. The second-order valence-corrected chi connectivity index (χ2v) is 8.92. The fourth-order valence-corrected chi connectivity index (χ4v) is 4.91. The molecular weight excluding hydrogens is 358 g/mol. The van der Waals surface area contributed by atoms with Crippen LogP contribution in [-0.2, 0) is 28.9 Å². The van der Waals surface area contributed by atoms with E-state index < -0.39 is 5.92 Å². The summed E-state index contributed by atoms with van der Waals surface area (Å²) in [4.78, 5) is 25.6. The Morgan fingerprint density at radius 2 is 1.90 bits per heavy atom. The molecule has 0 heterocycles. The molecule has 0 saturated heterocycles. The van der Waals surface area contributed by atoms with Crippen LogP contribution in [0.4, 0.5) is 0 Å². The number of Topliss-reactive ketones (excluding diaryl/α,β-unsaturated/α-hetero) is 2. The number of carbonyl (C=O) groups is 2. The van der Waals surface area contributed by atoms with Crippen molar-refractivity contribution in [3.05, 3.63) is 46.0 Å². The fourth-order valence-electron chi connectivity index (χ4n) is 4.91. The smallest absolute Gasteiger partial charge is 0.183 e. The largest absolute Gasteiger partial charge is 0.299 e. The molecule has 2 aliphatic rings. The molecule has 0 aromatic heterocycles. The molecule has 1 aromatic carbocycles. The van der Waals surface area contributed by atoms with Gasteiger partial charge in [0.1, 0.15) is 11.9 Å². The molecule has 3 heteroatoms. The predicted octanol–water partition coefficient (Wildman–Crippen LogP) is 5.69. The number of ketones is 2. The molecular formula is C26H33NO2. The average molecular weight is 392 g/mol. The lowest BCUT2D eigenvalue weighted by Gasteiger charge is -2.15. The van der Waals surface area contributed by atoms with Crippen molar-refractivity contribution in [3.8, 4) is 6.07 Å². The van der Waals surface area contributed by atoms with Crippen molar-refractivity contribution in [3.63, 3.8) is 0 Å². The van der Waals surface area contributed by atoms with Gasteiger partial charge in [-0.3, -0.25) is 9.59 Å². The molecule has 154 valence electrons. The Kier molecular flexibility index (Phi) is 7.42. The van der Waals surface area contributed by atoms with Crippen LogP contribution in [0.25, 0.3) is 0 Å². The first-order chi connectivity index (χ1) is 14.0. The lowest BCUT2D eigenvalue weighted by atomic mass is 9.86. The van der Waals surface area contributed by atoms with E-state index >= 15 is 0 Å². The number of hydrogen-bond donors (Lipinski definition) is 0. The maximum Gasteiger partial charge on any atom is 0.183 e. The van der Waals surface area contributed by atoms with Crippen LogP contribution >= 0.6 is 0 Å². The van der Waals surface area contributed by atoms with Gasteiger partial charge in [0, 0.05) is 6.42 Å². The van der Waals surface area contributed by atoms with Crippen molar-refractivity contribution in [1.29, 1.82) is 5.26 Å². The zero-order valence-corrected chi connectivity index (χ0v) is 17.9. The topological polar surface area (TPSA) is 57.9 Å². The maximum absolute atomic E-state index is 13.1. The summed E-state index contributed by atoms with van der Waals surface area (Å²) in [5.41, 5.74) is 5.59. The number of rotatable bonds is 6. The third kappa shape index (κ3) is 5.24. The maximum atomic E-state index is 13.1. The van der Waals surface area contributed by atoms with Crippen LogP contribution < -0.4 is 0 Å². The number of carbonyl (C=O) groups excluding carboxylic acids is 2. The molecule has 0 bridgehead atoms. The van der Waals surface area contributed by atoms with Gasteiger partial charge >= 0.3 is 0 Å². The Hall–Kier alpha value is -2.21. The quantitative estimate of drug-likeness (QED) is 0.585. The molecule has 29 heavy (non-hydrogen) atoms. The molecule has 3 nitrogen and oxygen atoms in total. The van der Waals surface area contributed by atoms with Gasteiger partial charge in [-0.2, -0.15) is 5.26 Å². The SMILES string of the molecule is CCCC1C(=O)CCC(C)CC(CCCc2ccc3c(c2)CCC3)=C(C#N)C1=O. The standard InChI is InChI=1S/C26H33NO2/c1-3-6-23-25(28)14-11-18(2)15-22(24(17-27)26(23)29)10-4-7-19-12-13-20-8-5-9-21(20)16-19/h12-13,16,18,23H,3-11,14-15H2,1-2H3. The van der Waals surface area contributed by atoms with E-state index in [1.54, 1.807) is 0 Å². The second-order valence-electron chi connectivity index (χ2n) is 8.92. The average Bonchev–Trinajstić information content (AvgIpc) is 3.18. The highest BCUT2D eigenvalue weighted by atomic mass is 16.1. The van der Waals surface area contributed by atoms with E-state index in [1.165, 1.54) is 36.0 Å². The molecule has 1 aromatic rings. The number of allylic oxidation sites excluding steroid dienone is 2. The minimum Gasteiger partial charge on any atom is -0.299 e. The number of nitrogens with zero attached hydrogens (tertiary/aromatic N) is 1. The monoisotopic (exact) mass is 391 g/mol. The van der Waals surface area contributed by atoms with Gasteiger partial charge in [0.05, 0.1) is 11.5 Å². The predicted molar refractivity (Wildman–Crippen MR) is 115 cm³/mol. The number of nitriles is 1. The molecule has 0 saturated carbocycles. The van der Waals surface area contributed by atoms with E-state index in [1.807, 2.05) is 6.92 Å². The summed E-state index contributed by atoms with van der Waals surface area (Å²) < 4.78 is 0. The lowest BCUT2D eigenvalue weighted by Crippen LogP contribution is -2.25. The molecule has 0 spiro atoms. The fraction of sp³-hybridized carbons (Fsp3) is 0.577. The second kappa shape index (κ2) is 10.0. The van der Waals surface area contributed by atoms with E-state index in [4.69, 9.17) is 0 Å². The summed E-state index contributed by atoms with van der Waals surface area (Å²) in [7, 11) is 0. The van der Waals surface area contributed by atoms with Gasteiger partial charge in [-0.25, -0.2) is 0 Å². The molecule has 3 rings (SSSR count). The molecule has 0 N–H and O–H groups in total. The summed E-state index contributed by atoms with van der Waals surface area (Å²) in [6, 6.07) is 9.03. The molecule has 0 radical (unpaired) electrons. The third-order valence-corrected chi connectivity index (χ3v) is 6.58. The molecule has 2 unspecified atom stereocenters. The lowest BCUT2D eigenvalue weighted by molar-refractivity contribution is -0.131. The minimum absolute atomic E-state index is 0.0239. The van der Waals surface area contributed by atoms with Crippen LogP contribution in [0.15, 0.2) is 29.3 Å². The van der Waals surface area contributed by atoms with Gasteiger partial charge in [0.2, 0.25) is 0 Å². The Morgan fingerprint density at radius 3 is 2.66 bits per heavy atom. The van der Waals surface area contributed by atoms with E-state index in [0.717, 1.165) is 44.1 Å². The van der Waals surface area contributed by atoms with Crippen LogP contribution in [-0.4, -0.2) is 11.6 Å². The number of hydrogen-bond acceptors (Lipinski definition) is 3. The summed E-state index contributed by atoms with van der Waals surface area (Å²) >= 11 is 0. The Balaban J connectivity index is 1.76. The summed E-state index contributed by atoms with van der Waals surface area (Å²) in [5, 5.41) is 9.78. The van der Waals surface area contributed by atoms with Gasteiger partial charge in [-0.05, 0) is 86.0 Å². The number of aryl methyl sites for hydroxylation is 3. The molecule has 0 amide bonds. The van der Waals surface area contributed by atoms with Gasteiger partial charge in [0.15, 0.2) is 5.78 Å². The van der Waals surface area contributed by atoms with Crippen molar-refractivity contribution in [2.24, 2.45) is 11.8 Å². The van der Waals surface area contributed by atoms with Crippen LogP contribution in [0.2, 0.25) is 0 Å². The summed E-state index contributed by atoms with van der Waals surface area (Å²) in [6.07, 6.45) is 9.67. The normalized spacial score (nSPS) is 22.7. The van der Waals surface area contributed by atoms with Gasteiger partial charge in [0.25, 0.3) is 0 Å². The van der Waals surface area contributed by atoms with Crippen LogP contribution in [0.3, 0.4) is 0 Å². The minimum atomic E-state index is -0.619. The van der Waals surface area contributed by atoms with Crippen molar-refractivity contribution in [2.75, 3.05) is 0 Å². The highest BCUT2D eigenvalue weighted by Crippen LogP contribution is 2.30. The first-order valence-corrected chi connectivity index (χ1v) is 11.3. The highest BCUT2D eigenvalue weighted by Gasteiger charge is 2.31. The van der Waals surface area contributed by atoms with Crippen LogP contribution in [0, 0.1) is 23.2 Å². The third-order valence-electron chi connectivity index (χ3n) is 6.58. The van der Waals surface area contributed by atoms with E-state index in [-0.39, 0.29) is 17.1 Å². The first kappa shape index (κ1) is 21.5. The van der Waals surface area contributed by atoms with Gasteiger partial charge < -0.3 is 0 Å². The van der Waals surface area contributed by atoms with Crippen LogP contribution in [0.5, 0.6) is 0 Å². The molecule has 0 fully saturated rings. The van der Waals surface area contributed by atoms with Crippen molar-refractivity contribution in [1.82, 2.24) is 0 Å². The van der Waals surface area contributed by atoms with Crippen molar-refractivity contribution < 1.29 is 9.59 Å². The van der Waals surface area contributed by atoms with E-state index in [0.29, 0.717) is 18.8 Å². The van der Waals surface area contributed by atoms with Crippen molar-refractivity contribution in [2.45, 2.75) is 84.5 Å². The molecule has 0 aliphatic heterocycles. The van der Waals surface area contributed by atoms with Gasteiger partial charge in [-0.1, -0.05) is 38.5 Å². The Labute approximate surface area is 175 Å². The van der Waals surface area contributed by atoms with Crippen molar-refractivity contribution >= 4 is 11.6 Å². The number of fused-ring (bicyclic) bond motifs is 1. The zero-order valence-electron chi connectivity index (χ0n) is 17.9. The van der Waals surface area contributed by atoms with E-state index in [9.17, 15) is 14.9 Å². The molecule has 2 atom stereocenters. The zero-order chi connectivity index (χ0) is 20.8. The highest BCUT2D eigenvalue weighted by molar-refractivity contribution is 6.12. The van der Waals surface area contributed by atoms with Crippen LogP contribution in [0.1, 0.15) is 81.9 Å². The summed E-state index contributed by atoms with van der Waals surface area (Å²) in [6.45, 7) is 4.12. The first-order valence-electron chi connectivity index (χ1n) is 11.3. The number of benzene rings is 1. The summed E-state index contributed by atoms with van der Waals surface area (Å²) in [5.74, 6) is -0.492. The van der Waals surface area contributed by atoms with Gasteiger partial charge in [-0.15, -0.1) is 0 Å². The Bertz CT molecular complexity index is 843.